The topological polar surface area (TPSA) is 154 Å². The highest BCUT2D eigenvalue weighted by Crippen LogP contribution is 2.33. The maximum absolute atomic E-state index is 12.9. The SMILES string of the molecule is O=C(O)C(F)(F)F.O=C1CCC(N2Cc3c(OCC(=O)Nc4ccc5c(c4)CNCC5)cccc3C2=O)C(=O)N1. The summed E-state index contributed by atoms with van der Waals surface area (Å²) < 4.78 is 37.5. The van der Waals surface area contributed by atoms with E-state index in [4.69, 9.17) is 14.6 Å². The fraction of sp³-hybridized carbons (Fsp3) is 0.346. The lowest BCUT2D eigenvalue weighted by atomic mass is 10.0. The number of rotatable bonds is 5. The number of ether oxygens (including phenoxy) is 1. The number of amides is 4. The van der Waals surface area contributed by atoms with Crippen LogP contribution in [0, 0.1) is 0 Å². The standard InChI is InChI=1S/C24H24N4O5.C2HF3O2/c29-21-7-6-19(23(31)27-21)28-12-18-17(24(28)32)2-1-3-20(18)33-13-22(30)26-16-5-4-14-8-9-25-11-15(14)10-16;3-2(4,5)1(6)7/h1-5,10,19,25H,6-9,11-13H2,(H,26,30)(H,27,29,31);(H,6,7). The third-order valence-electron chi connectivity index (χ3n) is 6.52. The molecule has 0 spiro atoms. The van der Waals surface area contributed by atoms with E-state index >= 15 is 0 Å². The van der Waals surface area contributed by atoms with Crippen LogP contribution in [0.15, 0.2) is 36.4 Å². The molecule has 1 saturated heterocycles. The number of anilines is 1. The zero-order valence-corrected chi connectivity index (χ0v) is 21.0. The molecule has 212 valence electrons. The third-order valence-corrected chi connectivity index (χ3v) is 6.52. The smallest absolute Gasteiger partial charge is 0.483 e. The molecule has 40 heavy (non-hydrogen) atoms. The third kappa shape index (κ3) is 6.57. The van der Waals surface area contributed by atoms with E-state index in [1.165, 1.54) is 16.0 Å². The number of alkyl halides is 3. The molecule has 2 aromatic carbocycles. The van der Waals surface area contributed by atoms with Gasteiger partial charge < -0.3 is 25.4 Å². The quantitative estimate of drug-likeness (QED) is 0.402. The molecule has 1 unspecified atom stereocenters. The normalized spacial score (nSPS) is 18.1. The Hall–Kier alpha value is -4.46. The zero-order chi connectivity index (χ0) is 29.0. The molecule has 0 saturated carbocycles. The minimum absolute atomic E-state index is 0.191. The maximum atomic E-state index is 12.9. The maximum Gasteiger partial charge on any atom is 0.490 e. The van der Waals surface area contributed by atoms with Crippen LogP contribution in [0.5, 0.6) is 5.75 Å². The summed E-state index contributed by atoms with van der Waals surface area (Å²) in [5.41, 5.74) is 4.25. The molecule has 14 heteroatoms. The van der Waals surface area contributed by atoms with Gasteiger partial charge in [-0.05, 0) is 54.8 Å². The van der Waals surface area contributed by atoms with E-state index < -0.39 is 24.1 Å². The lowest BCUT2D eigenvalue weighted by molar-refractivity contribution is -0.192. The number of hydrogen-bond acceptors (Lipinski definition) is 7. The first-order chi connectivity index (χ1) is 18.9. The lowest BCUT2D eigenvalue weighted by Gasteiger charge is -2.29. The predicted molar refractivity (Wildman–Crippen MR) is 132 cm³/mol. The second kappa shape index (κ2) is 11.7. The van der Waals surface area contributed by atoms with Gasteiger partial charge in [0.05, 0.1) is 6.54 Å². The van der Waals surface area contributed by atoms with E-state index in [0.29, 0.717) is 29.0 Å². The number of nitrogens with zero attached hydrogens (tertiary/aromatic N) is 1. The highest BCUT2D eigenvalue weighted by Gasteiger charge is 2.40. The van der Waals surface area contributed by atoms with E-state index in [0.717, 1.165) is 19.5 Å². The molecule has 3 aliphatic heterocycles. The zero-order valence-electron chi connectivity index (χ0n) is 21.0. The van der Waals surface area contributed by atoms with Crippen LogP contribution in [0.4, 0.5) is 18.9 Å². The molecule has 3 heterocycles. The Bertz CT molecular complexity index is 1360. The van der Waals surface area contributed by atoms with Gasteiger partial charge in [-0.3, -0.25) is 24.5 Å². The van der Waals surface area contributed by atoms with Crippen molar-refractivity contribution in [2.75, 3.05) is 18.5 Å². The number of aliphatic carboxylic acids is 1. The minimum atomic E-state index is -5.08. The summed E-state index contributed by atoms with van der Waals surface area (Å²) in [6, 6.07) is 10.3. The van der Waals surface area contributed by atoms with Crippen LogP contribution in [0.3, 0.4) is 0 Å². The minimum Gasteiger partial charge on any atom is -0.483 e. The molecule has 1 atom stereocenters. The van der Waals surface area contributed by atoms with Crippen LogP contribution in [0.2, 0.25) is 0 Å². The van der Waals surface area contributed by atoms with Crippen molar-refractivity contribution < 1.29 is 47.0 Å². The number of carboxylic acids is 1. The molecule has 0 aromatic heterocycles. The van der Waals surface area contributed by atoms with Gasteiger partial charge in [0.25, 0.3) is 11.8 Å². The second-order valence-electron chi connectivity index (χ2n) is 9.23. The number of carboxylic acid groups (broad SMARTS) is 1. The summed E-state index contributed by atoms with van der Waals surface area (Å²) in [7, 11) is 0. The molecule has 4 amide bonds. The van der Waals surface area contributed by atoms with Gasteiger partial charge in [-0.2, -0.15) is 13.2 Å². The number of piperidine rings is 1. The summed E-state index contributed by atoms with van der Waals surface area (Å²) in [5.74, 6) is -3.70. The molecule has 11 nitrogen and oxygen atoms in total. The summed E-state index contributed by atoms with van der Waals surface area (Å²) in [6.45, 7) is 1.72. The molecule has 2 aromatic rings. The Morgan fingerprint density at radius 3 is 2.55 bits per heavy atom. The number of hydrogen-bond donors (Lipinski definition) is 4. The van der Waals surface area contributed by atoms with Gasteiger partial charge in [0.1, 0.15) is 11.8 Å². The van der Waals surface area contributed by atoms with Gasteiger partial charge in [0.15, 0.2) is 6.61 Å². The van der Waals surface area contributed by atoms with E-state index in [9.17, 15) is 32.3 Å². The van der Waals surface area contributed by atoms with Crippen molar-refractivity contribution in [2.45, 2.75) is 44.6 Å². The average Bonchev–Trinajstić information content (AvgIpc) is 3.24. The molecule has 0 aliphatic carbocycles. The van der Waals surface area contributed by atoms with Crippen LogP contribution in [0.25, 0.3) is 0 Å². The van der Waals surface area contributed by atoms with Crippen LogP contribution in [-0.4, -0.2) is 65.0 Å². The molecular weight excluding hydrogens is 537 g/mol. The second-order valence-corrected chi connectivity index (χ2v) is 9.23. The van der Waals surface area contributed by atoms with Crippen molar-refractivity contribution in [3.05, 3.63) is 58.7 Å². The van der Waals surface area contributed by atoms with E-state index in [2.05, 4.69) is 16.0 Å². The largest absolute Gasteiger partial charge is 0.490 e. The monoisotopic (exact) mass is 562 g/mol. The number of nitrogens with one attached hydrogen (secondary N) is 3. The molecule has 3 aliphatic rings. The first kappa shape index (κ1) is 28.5. The number of carbonyl (C=O) groups is 5. The Morgan fingerprint density at radius 2 is 1.85 bits per heavy atom. The molecule has 0 bridgehead atoms. The number of halogens is 3. The summed E-state index contributed by atoms with van der Waals surface area (Å²) in [6.07, 6.45) is -3.63. The van der Waals surface area contributed by atoms with Crippen LogP contribution in [-0.2, 0) is 38.7 Å². The number of benzene rings is 2. The summed E-state index contributed by atoms with van der Waals surface area (Å²) in [4.78, 5) is 59.4. The van der Waals surface area contributed by atoms with Crippen LogP contribution in [0.1, 0.15) is 39.9 Å². The summed E-state index contributed by atoms with van der Waals surface area (Å²) in [5, 5.41) is 15.6. The van der Waals surface area contributed by atoms with Gasteiger partial charge in [-0.25, -0.2) is 4.79 Å². The summed E-state index contributed by atoms with van der Waals surface area (Å²) >= 11 is 0. The van der Waals surface area contributed by atoms with Gasteiger partial charge in [-0.15, -0.1) is 0 Å². The van der Waals surface area contributed by atoms with Crippen molar-refractivity contribution in [1.82, 2.24) is 15.5 Å². The van der Waals surface area contributed by atoms with Crippen molar-refractivity contribution >= 4 is 35.3 Å². The molecule has 0 radical (unpaired) electrons. The lowest BCUT2D eigenvalue weighted by Crippen LogP contribution is -2.52. The Balaban J connectivity index is 0.000000470. The molecule has 5 rings (SSSR count). The van der Waals surface area contributed by atoms with E-state index in [1.807, 2.05) is 18.2 Å². The van der Waals surface area contributed by atoms with Crippen molar-refractivity contribution in [3.63, 3.8) is 0 Å². The predicted octanol–water partition coefficient (Wildman–Crippen LogP) is 1.74. The number of imide groups is 1. The van der Waals surface area contributed by atoms with Gasteiger partial charge in [0.2, 0.25) is 11.8 Å². The first-order valence-corrected chi connectivity index (χ1v) is 12.3. The van der Waals surface area contributed by atoms with Crippen molar-refractivity contribution in [1.29, 1.82) is 0 Å². The molecule has 4 N–H and O–H groups in total. The van der Waals surface area contributed by atoms with E-state index in [-0.39, 0.29) is 37.3 Å². The van der Waals surface area contributed by atoms with Crippen LogP contribution >= 0.6 is 0 Å². The molecular formula is C26H25F3N4O7. The number of carbonyl (C=O) groups excluding carboxylic acids is 4. The Kier molecular flexibility index (Phi) is 8.38. The van der Waals surface area contributed by atoms with Crippen molar-refractivity contribution in [2.24, 2.45) is 0 Å². The molecule has 1 fully saturated rings. The van der Waals surface area contributed by atoms with E-state index in [1.54, 1.807) is 18.2 Å². The Labute approximate surface area is 225 Å². The average molecular weight is 563 g/mol. The fourth-order valence-corrected chi connectivity index (χ4v) is 4.59. The van der Waals surface area contributed by atoms with Crippen molar-refractivity contribution in [3.8, 4) is 5.75 Å². The van der Waals surface area contributed by atoms with Gasteiger partial charge >= 0.3 is 12.1 Å². The van der Waals surface area contributed by atoms with Gasteiger partial charge in [-0.1, -0.05) is 12.1 Å². The van der Waals surface area contributed by atoms with Crippen LogP contribution < -0.4 is 20.7 Å². The first-order valence-electron chi connectivity index (χ1n) is 12.3. The van der Waals surface area contributed by atoms with Gasteiger partial charge in [0, 0.05) is 29.8 Å². The highest BCUT2D eigenvalue weighted by atomic mass is 19.4. The Morgan fingerprint density at radius 1 is 1.10 bits per heavy atom. The fourth-order valence-electron chi connectivity index (χ4n) is 4.59. The number of fused-ring (bicyclic) bond motifs is 2. The highest BCUT2D eigenvalue weighted by molar-refractivity contribution is 6.05.